The van der Waals surface area contributed by atoms with Crippen molar-refractivity contribution in [2.24, 2.45) is 0 Å². The lowest BCUT2D eigenvalue weighted by molar-refractivity contribution is -0.159. The standard InChI is InChI=1S/C15H17N3O5S/c19-13(18-6-7-22-10(9-18)15(20)21)5-1-4-12-16-14(17-23-12)11-3-2-8-24-11/h2-3,8,10H,1,4-7,9H2,(H,20,21)/t10-/m1/s1. The van der Waals surface area contributed by atoms with Gasteiger partial charge < -0.3 is 19.3 Å². The van der Waals surface area contributed by atoms with Crippen LogP contribution in [0, 0.1) is 0 Å². The van der Waals surface area contributed by atoms with E-state index in [1.165, 1.54) is 16.2 Å². The van der Waals surface area contributed by atoms with Gasteiger partial charge in [-0.05, 0) is 17.9 Å². The summed E-state index contributed by atoms with van der Waals surface area (Å²) in [6.45, 7) is 0.763. The second-order valence-corrected chi connectivity index (χ2v) is 6.33. The molecule has 1 atom stereocenters. The minimum absolute atomic E-state index is 0.0810. The summed E-state index contributed by atoms with van der Waals surface area (Å²) in [5, 5.41) is 14.8. The maximum absolute atomic E-state index is 12.2. The van der Waals surface area contributed by atoms with Gasteiger partial charge in [-0.25, -0.2) is 4.79 Å². The lowest BCUT2D eigenvalue weighted by atomic mass is 10.2. The number of rotatable bonds is 6. The van der Waals surface area contributed by atoms with Crippen LogP contribution in [-0.2, 0) is 20.7 Å². The highest BCUT2D eigenvalue weighted by atomic mass is 32.1. The van der Waals surface area contributed by atoms with Gasteiger partial charge in [0.25, 0.3) is 0 Å². The summed E-state index contributed by atoms with van der Waals surface area (Å²) < 4.78 is 10.3. The molecule has 0 bridgehead atoms. The average Bonchev–Trinajstić information content (AvgIpc) is 3.26. The molecule has 3 rings (SSSR count). The first-order valence-electron chi connectivity index (χ1n) is 7.62. The fourth-order valence-corrected chi connectivity index (χ4v) is 3.09. The summed E-state index contributed by atoms with van der Waals surface area (Å²) in [6, 6.07) is 3.83. The molecule has 1 amide bonds. The fourth-order valence-electron chi connectivity index (χ4n) is 2.44. The Bertz CT molecular complexity index is 700. The van der Waals surface area contributed by atoms with E-state index >= 15 is 0 Å². The molecule has 0 aliphatic carbocycles. The number of ether oxygens (including phenoxy) is 1. The highest BCUT2D eigenvalue weighted by Crippen LogP contribution is 2.21. The van der Waals surface area contributed by atoms with Gasteiger partial charge in [0.05, 0.1) is 18.0 Å². The number of aryl methyl sites for hydroxylation is 1. The summed E-state index contributed by atoms with van der Waals surface area (Å²) in [7, 11) is 0. The lowest BCUT2D eigenvalue weighted by Crippen LogP contribution is -2.48. The van der Waals surface area contributed by atoms with Crippen molar-refractivity contribution in [2.45, 2.75) is 25.4 Å². The smallest absolute Gasteiger partial charge is 0.334 e. The van der Waals surface area contributed by atoms with Crippen molar-refractivity contribution in [3.8, 4) is 10.7 Å². The molecule has 1 aliphatic rings. The van der Waals surface area contributed by atoms with Crippen molar-refractivity contribution >= 4 is 23.2 Å². The van der Waals surface area contributed by atoms with E-state index in [0.29, 0.717) is 37.5 Å². The SMILES string of the molecule is O=C(O)[C@H]1CN(C(=O)CCCc2nc(-c3cccs3)no2)CCO1. The van der Waals surface area contributed by atoms with Crippen LogP contribution in [0.3, 0.4) is 0 Å². The molecule has 2 aromatic rings. The quantitative estimate of drug-likeness (QED) is 0.839. The van der Waals surface area contributed by atoms with Crippen LogP contribution < -0.4 is 0 Å². The van der Waals surface area contributed by atoms with Crippen molar-refractivity contribution < 1.29 is 24.0 Å². The van der Waals surface area contributed by atoms with E-state index in [-0.39, 0.29) is 19.1 Å². The average molecular weight is 351 g/mol. The number of amides is 1. The number of carbonyl (C=O) groups is 2. The Hall–Kier alpha value is -2.26. The van der Waals surface area contributed by atoms with Crippen LogP contribution in [0.1, 0.15) is 18.7 Å². The maximum atomic E-state index is 12.2. The van der Waals surface area contributed by atoms with Crippen molar-refractivity contribution in [2.75, 3.05) is 19.7 Å². The Labute approximate surface area is 142 Å². The van der Waals surface area contributed by atoms with Crippen LogP contribution in [0.2, 0.25) is 0 Å². The number of carboxylic acid groups (broad SMARTS) is 1. The molecule has 8 nitrogen and oxygen atoms in total. The molecule has 2 aromatic heterocycles. The molecule has 0 spiro atoms. The summed E-state index contributed by atoms with van der Waals surface area (Å²) in [6.07, 6.45) is 0.451. The van der Waals surface area contributed by atoms with Crippen molar-refractivity contribution in [3.63, 3.8) is 0 Å². The summed E-state index contributed by atoms with van der Waals surface area (Å²) in [5.41, 5.74) is 0. The first-order valence-corrected chi connectivity index (χ1v) is 8.50. The van der Waals surface area contributed by atoms with Crippen LogP contribution in [0.15, 0.2) is 22.0 Å². The van der Waals surface area contributed by atoms with Crippen LogP contribution in [0.4, 0.5) is 0 Å². The predicted octanol–water partition coefficient (Wildman–Crippen LogP) is 1.43. The molecular weight excluding hydrogens is 334 g/mol. The zero-order valence-corrected chi connectivity index (χ0v) is 13.7. The minimum atomic E-state index is -1.04. The van der Waals surface area contributed by atoms with Gasteiger partial charge in [-0.2, -0.15) is 4.98 Å². The number of aliphatic carboxylic acids is 1. The van der Waals surface area contributed by atoms with Gasteiger partial charge >= 0.3 is 5.97 Å². The highest BCUT2D eigenvalue weighted by Gasteiger charge is 2.28. The molecule has 0 unspecified atom stereocenters. The second-order valence-electron chi connectivity index (χ2n) is 5.38. The Balaban J connectivity index is 1.46. The van der Waals surface area contributed by atoms with Gasteiger partial charge in [0, 0.05) is 19.4 Å². The van der Waals surface area contributed by atoms with Gasteiger partial charge in [0.2, 0.25) is 17.6 Å². The largest absolute Gasteiger partial charge is 0.479 e. The third-order valence-corrected chi connectivity index (χ3v) is 4.55. The predicted molar refractivity (Wildman–Crippen MR) is 84.5 cm³/mol. The van der Waals surface area contributed by atoms with E-state index in [1.54, 1.807) is 0 Å². The van der Waals surface area contributed by atoms with Crippen molar-refractivity contribution in [3.05, 3.63) is 23.4 Å². The number of aromatic nitrogens is 2. The molecule has 0 radical (unpaired) electrons. The fraction of sp³-hybridized carbons (Fsp3) is 0.467. The van der Waals surface area contributed by atoms with E-state index in [0.717, 1.165) is 4.88 Å². The Morgan fingerprint density at radius 1 is 1.46 bits per heavy atom. The van der Waals surface area contributed by atoms with Crippen molar-refractivity contribution in [1.29, 1.82) is 0 Å². The van der Waals surface area contributed by atoms with Crippen LogP contribution in [0.5, 0.6) is 0 Å². The van der Waals surface area contributed by atoms with Gasteiger partial charge in [-0.1, -0.05) is 11.2 Å². The molecule has 9 heteroatoms. The lowest BCUT2D eigenvalue weighted by Gasteiger charge is -2.30. The maximum Gasteiger partial charge on any atom is 0.334 e. The van der Waals surface area contributed by atoms with Gasteiger partial charge in [-0.15, -0.1) is 11.3 Å². The Morgan fingerprint density at radius 2 is 2.33 bits per heavy atom. The molecule has 24 heavy (non-hydrogen) atoms. The van der Waals surface area contributed by atoms with Gasteiger partial charge in [0.1, 0.15) is 0 Å². The first-order chi connectivity index (χ1) is 11.6. The van der Waals surface area contributed by atoms with E-state index in [2.05, 4.69) is 10.1 Å². The number of hydrogen-bond donors (Lipinski definition) is 1. The molecule has 1 saturated heterocycles. The van der Waals surface area contributed by atoms with E-state index in [9.17, 15) is 9.59 Å². The molecule has 3 heterocycles. The molecule has 1 N–H and O–H groups in total. The number of nitrogens with zero attached hydrogens (tertiary/aromatic N) is 3. The van der Waals surface area contributed by atoms with Crippen molar-refractivity contribution in [1.82, 2.24) is 15.0 Å². The zero-order chi connectivity index (χ0) is 16.9. The van der Waals surface area contributed by atoms with E-state index < -0.39 is 12.1 Å². The Morgan fingerprint density at radius 3 is 3.08 bits per heavy atom. The number of carboxylic acids is 1. The summed E-state index contributed by atoms with van der Waals surface area (Å²) >= 11 is 1.53. The van der Waals surface area contributed by atoms with E-state index in [4.69, 9.17) is 14.4 Å². The van der Waals surface area contributed by atoms with E-state index in [1.807, 2.05) is 17.5 Å². The van der Waals surface area contributed by atoms with Crippen LogP contribution in [-0.4, -0.2) is 57.8 Å². The van der Waals surface area contributed by atoms with Gasteiger partial charge in [0.15, 0.2) is 6.10 Å². The minimum Gasteiger partial charge on any atom is -0.479 e. The number of morpholine rings is 1. The number of thiophene rings is 1. The molecule has 1 aliphatic heterocycles. The van der Waals surface area contributed by atoms with Crippen LogP contribution in [0.25, 0.3) is 10.7 Å². The molecule has 128 valence electrons. The molecule has 1 fully saturated rings. The summed E-state index contributed by atoms with van der Waals surface area (Å²) in [5.74, 6) is -0.0672. The van der Waals surface area contributed by atoms with Crippen LogP contribution >= 0.6 is 11.3 Å². The number of carbonyl (C=O) groups excluding carboxylic acids is 1. The monoisotopic (exact) mass is 351 g/mol. The molecular formula is C15H17N3O5S. The topological polar surface area (TPSA) is 106 Å². The third kappa shape index (κ3) is 3.98. The summed E-state index contributed by atoms with van der Waals surface area (Å²) in [4.78, 5) is 29.9. The van der Waals surface area contributed by atoms with Gasteiger partial charge in [-0.3, -0.25) is 4.79 Å². The Kier molecular flexibility index (Phi) is 5.21. The highest BCUT2D eigenvalue weighted by molar-refractivity contribution is 7.13. The molecule has 0 aromatic carbocycles. The second kappa shape index (κ2) is 7.54. The zero-order valence-electron chi connectivity index (χ0n) is 12.9. The molecule has 0 saturated carbocycles. The third-order valence-electron chi connectivity index (χ3n) is 3.69. The normalized spacial score (nSPS) is 17.8. The number of hydrogen-bond acceptors (Lipinski definition) is 7. The first kappa shape index (κ1) is 16.6.